The number of aromatic nitrogens is 1. The smallest absolute Gasteiger partial charge is 0.123 e. The van der Waals surface area contributed by atoms with E-state index in [1.54, 1.807) is 23.5 Å². The first-order chi connectivity index (χ1) is 8.28. The molecule has 1 aromatic heterocycles. The topological polar surface area (TPSA) is 38.9 Å². The highest BCUT2D eigenvalue weighted by molar-refractivity contribution is 7.11. The number of nitrogens with zero attached hydrogens (tertiary/aromatic N) is 1. The van der Waals surface area contributed by atoms with Gasteiger partial charge < -0.3 is 5.73 Å². The summed E-state index contributed by atoms with van der Waals surface area (Å²) in [6, 6.07) is 6.57. The molecule has 0 atom stereocenters. The molecule has 0 bridgehead atoms. The lowest BCUT2D eigenvalue weighted by Gasteiger charge is -1.97. The molecule has 2 aromatic rings. The minimum Gasteiger partial charge on any atom is -0.330 e. The Morgan fingerprint density at radius 2 is 2.00 bits per heavy atom. The minimum absolute atomic E-state index is 0.198. The molecular weight excluding hydrogens is 235 g/mol. The summed E-state index contributed by atoms with van der Waals surface area (Å²) in [7, 11) is 0. The highest BCUT2D eigenvalue weighted by atomic mass is 32.1. The SMILES string of the molecule is NCCCc1cnc(Cc2ccc(F)cc2)s1. The Bertz CT molecular complexity index is 465. The van der Waals surface area contributed by atoms with Crippen LogP contribution < -0.4 is 5.73 Å². The quantitative estimate of drug-likeness (QED) is 0.886. The van der Waals surface area contributed by atoms with Gasteiger partial charge in [-0.25, -0.2) is 9.37 Å². The van der Waals surface area contributed by atoms with E-state index in [-0.39, 0.29) is 5.82 Å². The van der Waals surface area contributed by atoms with Crippen LogP contribution in [0.15, 0.2) is 30.5 Å². The van der Waals surface area contributed by atoms with Crippen molar-refractivity contribution in [1.29, 1.82) is 0 Å². The van der Waals surface area contributed by atoms with Crippen LogP contribution in [-0.4, -0.2) is 11.5 Å². The monoisotopic (exact) mass is 250 g/mol. The number of hydrogen-bond donors (Lipinski definition) is 1. The average molecular weight is 250 g/mol. The Kier molecular flexibility index (Phi) is 4.23. The van der Waals surface area contributed by atoms with Crippen LogP contribution in [0.1, 0.15) is 21.9 Å². The lowest BCUT2D eigenvalue weighted by Crippen LogP contribution is -1.99. The fourth-order valence-electron chi connectivity index (χ4n) is 1.60. The maximum atomic E-state index is 12.7. The number of benzene rings is 1. The first kappa shape index (κ1) is 12.2. The van der Waals surface area contributed by atoms with Gasteiger partial charge in [-0.05, 0) is 37.1 Å². The molecule has 0 aliphatic rings. The number of halogens is 1. The van der Waals surface area contributed by atoms with Crippen molar-refractivity contribution >= 4 is 11.3 Å². The van der Waals surface area contributed by atoms with Crippen molar-refractivity contribution in [3.8, 4) is 0 Å². The van der Waals surface area contributed by atoms with Gasteiger partial charge in [-0.3, -0.25) is 0 Å². The van der Waals surface area contributed by atoms with Crippen LogP contribution in [0.2, 0.25) is 0 Å². The lowest BCUT2D eigenvalue weighted by atomic mass is 10.2. The second-order valence-electron chi connectivity index (χ2n) is 3.92. The van der Waals surface area contributed by atoms with E-state index in [9.17, 15) is 4.39 Å². The van der Waals surface area contributed by atoms with E-state index >= 15 is 0 Å². The number of nitrogens with two attached hydrogens (primary N) is 1. The highest BCUT2D eigenvalue weighted by Gasteiger charge is 2.03. The molecule has 0 unspecified atom stereocenters. The molecule has 0 saturated carbocycles. The molecule has 0 fully saturated rings. The standard InChI is InChI=1S/C13H15FN2S/c14-11-5-3-10(4-6-11)8-13-16-9-12(17-13)2-1-7-15/h3-6,9H,1-2,7-8,15H2. The van der Waals surface area contributed by atoms with Crippen LogP contribution in [0.4, 0.5) is 4.39 Å². The molecule has 2 rings (SSSR count). The second kappa shape index (κ2) is 5.89. The Balaban J connectivity index is 1.98. The van der Waals surface area contributed by atoms with E-state index in [0.29, 0.717) is 6.54 Å². The third-order valence-electron chi connectivity index (χ3n) is 2.50. The van der Waals surface area contributed by atoms with Crippen molar-refractivity contribution in [2.45, 2.75) is 19.3 Å². The zero-order valence-electron chi connectivity index (χ0n) is 9.53. The summed E-state index contributed by atoms with van der Waals surface area (Å²) in [5, 5.41) is 1.07. The zero-order chi connectivity index (χ0) is 12.1. The molecule has 0 amide bonds. The van der Waals surface area contributed by atoms with Gasteiger partial charge in [0.25, 0.3) is 0 Å². The fraction of sp³-hybridized carbons (Fsp3) is 0.308. The van der Waals surface area contributed by atoms with Crippen molar-refractivity contribution < 1.29 is 4.39 Å². The van der Waals surface area contributed by atoms with Gasteiger partial charge in [0.05, 0.1) is 5.01 Å². The number of thiazole rings is 1. The molecule has 0 radical (unpaired) electrons. The molecule has 0 aliphatic carbocycles. The van der Waals surface area contributed by atoms with Crippen LogP contribution >= 0.6 is 11.3 Å². The summed E-state index contributed by atoms with van der Waals surface area (Å²) in [6.45, 7) is 0.713. The molecule has 17 heavy (non-hydrogen) atoms. The Morgan fingerprint density at radius 3 is 2.71 bits per heavy atom. The predicted molar refractivity (Wildman–Crippen MR) is 68.7 cm³/mol. The van der Waals surface area contributed by atoms with Gasteiger partial charge in [0, 0.05) is 17.5 Å². The number of aryl methyl sites for hydroxylation is 1. The van der Waals surface area contributed by atoms with Gasteiger partial charge in [0.15, 0.2) is 0 Å². The molecule has 0 aliphatic heterocycles. The Hall–Kier alpha value is -1.26. The van der Waals surface area contributed by atoms with Crippen LogP contribution in [0, 0.1) is 5.82 Å². The molecule has 0 saturated heterocycles. The average Bonchev–Trinajstić information content (AvgIpc) is 2.77. The van der Waals surface area contributed by atoms with E-state index in [1.807, 2.05) is 6.20 Å². The largest absolute Gasteiger partial charge is 0.330 e. The van der Waals surface area contributed by atoms with Crippen molar-refractivity contribution in [3.05, 3.63) is 51.7 Å². The molecule has 2 N–H and O–H groups in total. The van der Waals surface area contributed by atoms with E-state index in [4.69, 9.17) is 5.73 Å². The highest BCUT2D eigenvalue weighted by Crippen LogP contribution is 2.18. The van der Waals surface area contributed by atoms with Gasteiger partial charge >= 0.3 is 0 Å². The summed E-state index contributed by atoms with van der Waals surface area (Å²) in [5.41, 5.74) is 6.56. The van der Waals surface area contributed by atoms with Crippen LogP contribution in [0.25, 0.3) is 0 Å². The Labute approximate surface area is 104 Å². The van der Waals surface area contributed by atoms with Crippen molar-refractivity contribution in [3.63, 3.8) is 0 Å². The second-order valence-corrected chi connectivity index (χ2v) is 5.12. The zero-order valence-corrected chi connectivity index (χ0v) is 10.3. The molecule has 90 valence electrons. The van der Waals surface area contributed by atoms with Gasteiger partial charge in [-0.1, -0.05) is 12.1 Å². The van der Waals surface area contributed by atoms with Crippen molar-refractivity contribution in [2.24, 2.45) is 5.73 Å². The summed E-state index contributed by atoms with van der Waals surface area (Å²) in [6.07, 6.45) is 4.68. The van der Waals surface area contributed by atoms with Gasteiger partial charge in [0.1, 0.15) is 5.82 Å². The summed E-state index contributed by atoms with van der Waals surface area (Å²) < 4.78 is 12.7. The molecule has 1 heterocycles. The summed E-state index contributed by atoms with van der Waals surface area (Å²) in [4.78, 5) is 5.64. The molecule has 4 heteroatoms. The fourth-order valence-corrected chi connectivity index (χ4v) is 2.60. The number of rotatable bonds is 5. The first-order valence-electron chi connectivity index (χ1n) is 5.66. The van der Waals surface area contributed by atoms with E-state index < -0.39 is 0 Å². The molecular formula is C13H15FN2S. The third-order valence-corrected chi connectivity index (χ3v) is 3.55. The maximum Gasteiger partial charge on any atom is 0.123 e. The lowest BCUT2D eigenvalue weighted by molar-refractivity contribution is 0.627. The normalized spacial score (nSPS) is 10.7. The van der Waals surface area contributed by atoms with E-state index in [1.165, 1.54) is 17.0 Å². The van der Waals surface area contributed by atoms with E-state index in [2.05, 4.69) is 4.98 Å². The van der Waals surface area contributed by atoms with Crippen molar-refractivity contribution in [1.82, 2.24) is 4.98 Å². The van der Waals surface area contributed by atoms with Crippen molar-refractivity contribution in [2.75, 3.05) is 6.54 Å². The van der Waals surface area contributed by atoms with Gasteiger partial charge in [-0.15, -0.1) is 11.3 Å². The van der Waals surface area contributed by atoms with Crippen LogP contribution in [0.5, 0.6) is 0 Å². The van der Waals surface area contributed by atoms with E-state index in [0.717, 1.165) is 29.8 Å². The maximum absolute atomic E-state index is 12.7. The number of hydrogen-bond acceptors (Lipinski definition) is 3. The molecule has 1 aromatic carbocycles. The van der Waals surface area contributed by atoms with Gasteiger partial charge in [0.2, 0.25) is 0 Å². The van der Waals surface area contributed by atoms with Gasteiger partial charge in [-0.2, -0.15) is 0 Å². The first-order valence-corrected chi connectivity index (χ1v) is 6.47. The Morgan fingerprint density at radius 1 is 1.24 bits per heavy atom. The molecule has 2 nitrogen and oxygen atoms in total. The minimum atomic E-state index is -0.198. The summed E-state index contributed by atoms with van der Waals surface area (Å²) >= 11 is 1.71. The van der Waals surface area contributed by atoms with Crippen LogP contribution in [0.3, 0.4) is 0 Å². The van der Waals surface area contributed by atoms with Crippen LogP contribution in [-0.2, 0) is 12.8 Å². The third kappa shape index (κ3) is 3.61. The molecule has 0 spiro atoms. The summed E-state index contributed by atoms with van der Waals surface area (Å²) in [5.74, 6) is -0.198. The predicted octanol–water partition coefficient (Wildman–Crippen LogP) is 2.76.